The summed E-state index contributed by atoms with van der Waals surface area (Å²) in [5.41, 5.74) is 3.37. The number of carbonyl (C=O) groups excluding carboxylic acids is 2. The van der Waals surface area contributed by atoms with Crippen LogP contribution in [0.2, 0.25) is 0 Å². The maximum Gasteiger partial charge on any atom is 0.225 e. The topological polar surface area (TPSA) is 49.4 Å². The van der Waals surface area contributed by atoms with Crippen LogP contribution in [0.15, 0.2) is 54.6 Å². The molecule has 0 radical (unpaired) electrons. The van der Waals surface area contributed by atoms with Gasteiger partial charge in [-0.3, -0.25) is 9.59 Å². The molecule has 28 heavy (non-hydrogen) atoms. The molecule has 1 N–H and O–H groups in total. The molecule has 148 valence electrons. The molecular weight excluding hydrogens is 348 g/mol. The monoisotopic (exact) mass is 378 g/mol. The SMILES string of the molecule is CC(C)(C)CC(=O)N1CCNC(=O)C(Cc2ccccc2-c2ccccc2)C1. The Morgan fingerprint density at radius 1 is 1.07 bits per heavy atom. The van der Waals surface area contributed by atoms with Crippen molar-refractivity contribution in [2.75, 3.05) is 19.6 Å². The molecule has 4 nitrogen and oxygen atoms in total. The lowest BCUT2D eigenvalue weighted by atomic mass is 9.90. The molecule has 4 heteroatoms. The van der Waals surface area contributed by atoms with Crippen molar-refractivity contribution < 1.29 is 9.59 Å². The second-order valence-corrected chi connectivity index (χ2v) is 8.79. The third kappa shape index (κ3) is 5.22. The third-order valence-corrected chi connectivity index (χ3v) is 5.10. The largest absolute Gasteiger partial charge is 0.354 e. The Morgan fingerprint density at radius 3 is 2.46 bits per heavy atom. The number of hydrogen-bond acceptors (Lipinski definition) is 2. The van der Waals surface area contributed by atoms with Crippen molar-refractivity contribution in [3.05, 3.63) is 60.2 Å². The van der Waals surface area contributed by atoms with Crippen molar-refractivity contribution in [1.29, 1.82) is 0 Å². The summed E-state index contributed by atoms with van der Waals surface area (Å²) in [5.74, 6) is -0.0736. The molecule has 1 saturated heterocycles. The van der Waals surface area contributed by atoms with E-state index in [0.29, 0.717) is 32.5 Å². The predicted molar refractivity (Wildman–Crippen MR) is 113 cm³/mol. The van der Waals surface area contributed by atoms with Gasteiger partial charge in [-0.25, -0.2) is 0 Å². The summed E-state index contributed by atoms with van der Waals surface area (Å²) in [4.78, 5) is 27.3. The number of rotatable bonds is 4. The van der Waals surface area contributed by atoms with E-state index in [9.17, 15) is 9.59 Å². The Morgan fingerprint density at radius 2 is 1.75 bits per heavy atom. The number of nitrogens with zero attached hydrogens (tertiary/aromatic N) is 1. The zero-order valence-corrected chi connectivity index (χ0v) is 17.1. The quantitative estimate of drug-likeness (QED) is 0.877. The second-order valence-electron chi connectivity index (χ2n) is 8.79. The maximum absolute atomic E-state index is 12.7. The molecule has 0 saturated carbocycles. The van der Waals surface area contributed by atoms with Crippen LogP contribution in [0.25, 0.3) is 11.1 Å². The van der Waals surface area contributed by atoms with Crippen LogP contribution in [0.1, 0.15) is 32.8 Å². The van der Waals surface area contributed by atoms with E-state index in [4.69, 9.17) is 0 Å². The predicted octanol–water partition coefficient (Wildman–Crippen LogP) is 3.91. The van der Waals surface area contributed by atoms with E-state index < -0.39 is 0 Å². The van der Waals surface area contributed by atoms with Crippen molar-refractivity contribution in [2.45, 2.75) is 33.6 Å². The van der Waals surface area contributed by atoms with Gasteiger partial charge in [-0.15, -0.1) is 0 Å². The maximum atomic E-state index is 12.7. The average molecular weight is 379 g/mol. The highest BCUT2D eigenvalue weighted by Crippen LogP contribution is 2.27. The van der Waals surface area contributed by atoms with Gasteiger partial charge < -0.3 is 10.2 Å². The number of nitrogens with one attached hydrogen (secondary N) is 1. The molecule has 1 unspecified atom stereocenters. The third-order valence-electron chi connectivity index (χ3n) is 5.10. The Balaban J connectivity index is 1.81. The molecule has 0 aliphatic carbocycles. The summed E-state index contributed by atoms with van der Waals surface area (Å²) < 4.78 is 0. The Kier molecular flexibility index (Phi) is 6.18. The summed E-state index contributed by atoms with van der Waals surface area (Å²) in [6, 6.07) is 18.5. The zero-order chi connectivity index (χ0) is 20.1. The molecule has 2 aromatic rings. The average Bonchev–Trinajstić information content (AvgIpc) is 2.83. The van der Waals surface area contributed by atoms with Crippen molar-refractivity contribution in [3.8, 4) is 11.1 Å². The molecule has 1 fully saturated rings. The molecule has 0 bridgehead atoms. The first kappa shape index (κ1) is 20.1. The molecule has 0 spiro atoms. The van der Waals surface area contributed by atoms with E-state index >= 15 is 0 Å². The molecule has 1 heterocycles. The fraction of sp³-hybridized carbons (Fsp3) is 0.417. The summed E-state index contributed by atoms with van der Waals surface area (Å²) in [5, 5.41) is 2.99. The summed E-state index contributed by atoms with van der Waals surface area (Å²) in [7, 11) is 0. The van der Waals surface area contributed by atoms with E-state index in [2.05, 4.69) is 50.4 Å². The molecular formula is C24H30N2O2. The van der Waals surface area contributed by atoms with Crippen LogP contribution in [0.4, 0.5) is 0 Å². The van der Waals surface area contributed by atoms with E-state index in [1.807, 2.05) is 35.2 Å². The highest BCUT2D eigenvalue weighted by Gasteiger charge is 2.30. The number of benzene rings is 2. The van der Waals surface area contributed by atoms with Gasteiger partial charge >= 0.3 is 0 Å². The summed E-state index contributed by atoms with van der Waals surface area (Å²) >= 11 is 0. The van der Waals surface area contributed by atoms with E-state index in [1.54, 1.807) is 0 Å². The van der Waals surface area contributed by atoms with Crippen molar-refractivity contribution >= 4 is 11.8 Å². The van der Waals surface area contributed by atoms with E-state index in [-0.39, 0.29) is 23.1 Å². The molecule has 2 aromatic carbocycles. The molecule has 3 rings (SSSR count). The first-order chi connectivity index (χ1) is 13.3. The van der Waals surface area contributed by atoms with Gasteiger partial charge in [0.1, 0.15) is 0 Å². The van der Waals surface area contributed by atoms with Crippen molar-refractivity contribution in [1.82, 2.24) is 10.2 Å². The van der Waals surface area contributed by atoms with Crippen molar-refractivity contribution in [3.63, 3.8) is 0 Å². The smallest absolute Gasteiger partial charge is 0.225 e. The van der Waals surface area contributed by atoms with E-state index in [1.165, 1.54) is 0 Å². The lowest BCUT2D eigenvalue weighted by Crippen LogP contribution is -2.38. The number of hydrogen-bond donors (Lipinski definition) is 1. The minimum atomic E-state index is -0.240. The lowest BCUT2D eigenvalue weighted by Gasteiger charge is -2.27. The highest BCUT2D eigenvalue weighted by atomic mass is 16.2. The molecule has 1 atom stereocenters. The van der Waals surface area contributed by atoms with Gasteiger partial charge in [0, 0.05) is 26.1 Å². The van der Waals surface area contributed by atoms with Crippen LogP contribution >= 0.6 is 0 Å². The van der Waals surface area contributed by atoms with Crippen LogP contribution in [0, 0.1) is 11.3 Å². The standard InChI is InChI=1S/C24H30N2O2/c1-24(2,3)16-22(27)26-14-13-25-23(28)20(17-26)15-19-11-7-8-12-21(19)18-9-5-4-6-10-18/h4-12,20H,13-17H2,1-3H3,(H,25,28). The van der Waals surface area contributed by atoms with Crippen LogP contribution in [-0.4, -0.2) is 36.3 Å². The van der Waals surface area contributed by atoms with Crippen molar-refractivity contribution in [2.24, 2.45) is 11.3 Å². The van der Waals surface area contributed by atoms with E-state index in [0.717, 1.165) is 16.7 Å². The van der Waals surface area contributed by atoms with Gasteiger partial charge in [-0.1, -0.05) is 75.4 Å². The minimum absolute atomic E-state index is 0.0360. The fourth-order valence-corrected chi connectivity index (χ4v) is 3.71. The first-order valence-corrected chi connectivity index (χ1v) is 10.0. The molecule has 0 aromatic heterocycles. The Hall–Kier alpha value is -2.62. The fourth-order valence-electron chi connectivity index (χ4n) is 3.71. The van der Waals surface area contributed by atoms with Crippen LogP contribution in [0.3, 0.4) is 0 Å². The molecule has 2 amide bonds. The highest BCUT2D eigenvalue weighted by molar-refractivity contribution is 5.82. The summed E-state index contributed by atoms with van der Waals surface area (Å²) in [6.45, 7) is 7.78. The van der Waals surface area contributed by atoms with Gasteiger partial charge in [-0.05, 0) is 28.5 Å². The number of amides is 2. The van der Waals surface area contributed by atoms with Gasteiger partial charge in [0.2, 0.25) is 11.8 Å². The minimum Gasteiger partial charge on any atom is -0.354 e. The second kappa shape index (κ2) is 8.59. The van der Waals surface area contributed by atoms with Crippen LogP contribution < -0.4 is 5.32 Å². The normalized spacial score (nSPS) is 17.8. The Labute approximate surface area is 167 Å². The lowest BCUT2D eigenvalue weighted by molar-refractivity contribution is -0.133. The van der Waals surface area contributed by atoms with Gasteiger partial charge in [-0.2, -0.15) is 0 Å². The summed E-state index contributed by atoms with van der Waals surface area (Å²) in [6.07, 6.45) is 1.12. The van der Waals surface area contributed by atoms with Crippen LogP contribution in [-0.2, 0) is 16.0 Å². The first-order valence-electron chi connectivity index (χ1n) is 10.0. The van der Waals surface area contributed by atoms with Gasteiger partial charge in [0.15, 0.2) is 0 Å². The number of carbonyl (C=O) groups is 2. The van der Waals surface area contributed by atoms with Crippen LogP contribution in [0.5, 0.6) is 0 Å². The van der Waals surface area contributed by atoms with Gasteiger partial charge in [0.25, 0.3) is 0 Å². The molecule has 1 aliphatic rings. The zero-order valence-electron chi connectivity index (χ0n) is 17.1. The molecule has 1 aliphatic heterocycles. The Bertz CT molecular complexity index is 824. The van der Waals surface area contributed by atoms with Gasteiger partial charge in [0.05, 0.1) is 5.92 Å².